The number of nitrogens with one attached hydrogen (secondary N) is 1. The molecule has 0 bridgehead atoms. The van der Waals surface area contributed by atoms with Crippen LogP contribution < -0.4 is 15.1 Å². The highest BCUT2D eigenvalue weighted by atomic mass is 15.4. The van der Waals surface area contributed by atoms with Crippen LogP contribution in [0, 0.1) is 13.8 Å². The van der Waals surface area contributed by atoms with Gasteiger partial charge in [0.15, 0.2) is 5.82 Å². The molecule has 6 heteroatoms. The van der Waals surface area contributed by atoms with Gasteiger partial charge in [-0.15, -0.1) is 5.10 Å². The Morgan fingerprint density at radius 2 is 1.48 bits per heavy atom. The second kappa shape index (κ2) is 7.61. The van der Waals surface area contributed by atoms with Gasteiger partial charge in [0, 0.05) is 37.6 Å². The zero-order chi connectivity index (χ0) is 18.6. The van der Waals surface area contributed by atoms with Crippen LogP contribution in [0.1, 0.15) is 11.1 Å². The summed E-state index contributed by atoms with van der Waals surface area (Å²) in [5, 5.41) is 11.8. The van der Waals surface area contributed by atoms with Gasteiger partial charge in [0.25, 0.3) is 0 Å². The average Bonchev–Trinajstić information content (AvgIpc) is 2.72. The maximum atomic E-state index is 4.69. The quantitative estimate of drug-likeness (QED) is 0.768. The highest BCUT2D eigenvalue weighted by Crippen LogP contribution is 2.24. The molecule has 1 aromatic heterocycles. The third kappa shape index (κ3) is 3.84. The minimum atomic E-state index is 0.680. The number of aromatic nitrogens is 3. The van der Waals surface area contributed by atoms with Crippen LogP contribution >= 0.6 is 0 Å². The molecule has 138 valence electrons. The molecule has 0 atom stereocenters. The van der Waals surface area contributed by atoms with Crippen LogP contribution in [0.25, 0.3) is 0 Å². The van der Waals surface area contributed by atoms with Crippen LogP contribution in [0.2, 0.25) is 0 Å². The zero-order valence-corrected chi connectivity index (χ0v) is 15.8. The van der Waals surface area contributed by atoms with E-state index in [1.165, 1.54) is 16.8 Å². The van der Waals surface area contributed by atoms with E-state index in [0.717, 1.165) is 37.7 Å². The molecule has 1 fully saturated rings. The van der Waals surface area contributed by atoms with E-state index < -0.39 is 0 Å². The second-order valence-electron chi connectivity index (χ2n) is 6.84. The lowest BCUT2D eigenvalue weighted by Gasteiger charge is -2.35. The van der Waals surface area contributed by atoms with Crippen molar-refractivity contribution >= 4 is 23.1 Å². The summed E-state index contributed by atoms with van der Waals surface area (Å²) in [6.45, 7) is 7.83. The Morgan fingerprint density at radius 3 is 2.19 bits per heavy atom. The Bertz CT molecular complexity index is 883. The van der Waals surface area contributed by atoms with Crippen LogP contribution in [-0.4, -0.2) is 41.4 Å². The van der Waals surface area contributed by atoms with Crippen molar-refractivity contribution in [2.24, 2.45) is 0 Å². The Morgan fingerprint density at radius 1 is 0.815 bits per heavy atom. The summed E-state index contributed by atoms with van der Waals surface area (Å²) in [4.78, 5) is 9.28. The third-order valence-corrected chi connectivity index (χ3v) is 4.97. The second-order valence-corrected chi connectivity index (χ2v) is 6.84. The number of rotatable bonds is 4. The summed E-state index contributed by atoms with van der Waals surface area (Å²) < 4.78 is 0. The summed E-state index contributed by atoms with van der Waals surface area (Å²) in [5.74, 6) is 1.40. The molecule has 6 nitrogen and oxygen atoms in total. The maximum Gasteiger partial charge on any atom is 0.247 e. The van der Waals surface area contributed by atoms with Crippen LogP contribution in [0.5, 0.6) is 0 Å². The predicted molar refractivity (Wildman–Crippen MR) is 110 cm³/mol. The number of aryl methyl sites for hydroxylation is 2. The molecule has 1 aliphatic rings. The molecule has 2 heterocycles. The van der Waals surface area contributed by atoms with E-state index in [4.69, 9.17) is 4.98 Å². The van der Waals surface area contributed by atoms with Crippen molar-refractivity contribution in [1.82, 2.24) is 15.2 Å². The molecule has 0 spiro atoms. The maximum absolute atomic E-state index is 4.69. The first-order valence-corrected chi connectivity index (χ1v) is 9.28. The first-order chi connectivity index (χ1) is 13.2. The number of hydrogen-bond acceptors (Lipinski definition) is 6. The van der Waals surface area contributed by atoms with Gasteiger partial charge < -0.3 is 15.1 Å². The van der Waals surface area contributed by atoms with E-state index in [1.807, 2.05) is 6.07 Å². The van der Waals surface area contributed by atoms with Crippen molar-refractivity contribution in [2.75, 3.05) is 41.3 Å². The van der Waals surface area contributed by atoms with Crippen molar-refractivity contribution in [2.45, 2.75) is 13.8 Å². The Hall–Kier alpha value is -3.15. The van der Waals surface area contributed by atoms with Crippen molar-refractivity contribution in [3.8, 4) is 0 Å². The molecule has 3 aromatic rings. The van der Waals surface area contributed by atoms with Gasteiger partial charge in [-0.2, -0.15) is 10.1 Å². The van der Waals surface area contributed by atoms with Gasteiger partial charge in [-0.25, -0.2) is 0 Å². The summed E-state index contributed by atoms with van der Waals surface area (Å²) in [5.41, 5.74) is 4.72. The van der Waals surface area contributed by atoms with Gasteiger partial charge in [-0.1, -0.05) is 36.4 Å². The van der Waals surface area contributed by atoms with Gasteiger partial charge in [0.2, 0.25) is 5.95 Å². The topological polar surface area (TPSA) is 57.2 Å². The standard InChI is InChI=1S/C21H24N6/c1-16-7-6-8-17(2)20(16)23-19-15-22-25-21(24-19)27-13-11-26(12-14-27)18-9-4-3-5-10-18/h3-10,15H,11-14H2,1-2H3,(H,23,24,25). The smallest absolute Gasteiger partial charge is 0.247 e. The highest BCUT2D eigenvalue weighted by Gasteiger charge is 2.20. The Labute approximate surface area is 159 Å². The molecule has 0 amide bonds. The Kier molecular flexibility index (Phi) is 4.87. The zero-order valence-electron chi connectivity index (χ0n) is 15.8. The fraction of sp³-hybridized carbons (Fsp3) is 0.286. The molecule has 1 saturated heterocycles. The summed E-state index contributed by atoms with van der Waals surface area (Å²) in [7, 11) is 0. The van der Waals surface area contributed by atoms with Gasteiger partial charge >= 0.3 is 0 Å². The first kappa shape index (κ1) is 17.3. The number of anilines is 4. The first-order valence-electron chi connectivity index (χ1n) is 9.28. The fourth-order valence-corrected chi connectivity index (χ4v) is 3.43. The van der Waals surface area contributed by atoms with Gasteiger partial charge in [0.1, 0.15) is 0 Å². The SMILES string of the molecule is Cc1cccc(C)c1Nc1cnnc(N2CCN(c3ccccc3)CC2)n1. The minimum Gasteiger partial charge on any atom is -0.368 e. The lowest BCUT2D eigenvalue weighted by atomic mass is 10.1. The van der Waals surface area contributed by atoms with Crippen LogP contribution in [0.3, 0.4) is 0 Å². The van der Waals surface area contributed by atoms with E-state index in [-0.39, 0.29) is 0 Å². The van der Waals surface area contributed by atoms with Gasteiger partial charge in [-0.3, -0.25) is 0 Å². The molecule has 1 N–H and O–H groups in total. The average molecular weight is 360 g/mol. The van der Waals surface area contributed by atoms with E-state index in [2.05, 4.69) is 81.6 Å². The van der Waals surface area contributed by atoms with Crippen molar-refractivity contribution < 1.29 is 0 Å². The van der Waals surface area contributed by atoms with E-state index in [1.54, 1.807) is 6.20 Å². The molecular weight excluding hydrogens is 336 g/mol. The van der Waals surface area contributed by atoms with Crippen LogP contribution in [0.4, 0.5) is 23.1 Å². The lowest BCUT2D eigenvalue weighted by Crippen LogP contribution is -2.47. The molecule has 0 unspecified atom stereocenters. The van der Waals surface area contributed by atoms with Crippen LogP contribution in [-0.2, 0) is 0 Å². The normalized spacial score (nSPS) is 14.3. The highest BCUT2D eigenvalue weighted by molar-refractivity contribution is 5.64. The molecule has 4 rings (SSSR count). The summed E-state index contributed by atoms with van der Waals surface area (Å²) >= 11 is 0. The number of hydrogen-bond donors (Lipinski definition) is 1. The summed E-state index contributed by atoms with van der Waals surface area (Å²) in [6.07, 6.45) is 1.68. The monoisotopic (exact) mass is 360 g/mol. The van der Waals surface area contributed by atoms with Crippen molar-refractivity contribution in [1.29, 1.82) is 0 Å². The molecule has 2 aromatic carbocycles. The molecule has 0 saturated carbocycles. The molecule has 0 aliphatic carbocycles. The van der Waals surface area contributed by atoms with Crippen LogP contribution in [0.15, 0.2) is 54.7 Å². The summed E-state index contributed by atoms with van der Waals surface area (Å²) in [6, 6.07) is 16.8. The number of para-hydroxylation sites is 2. The van der Waals surface area contributed by atoms with Crippen molar-refractivity contribution in [3.63, 3.8) is 0 Å². The number of benzene rings is 2. The van der Waals surface area contributed by atoms with E-state index in [0.29, 0.717) is 5.95 Å². The Balaban J connectivity index is 1.46. The van der Waals surface area contributed by atoms with Gasteiger partial charge in [0.05, 0.1) is 6.20 Å². The molecule has 27 heavy (non-hydrogen) atoms. The molecular formula is C21H24N6. The molecule has 1 aliphatic heterocycles. The van der Waals surface area contributed by atoms with Gasteiger partial charge in [-0.05, 0) is 37.1 Å². The number of piperazine rings is 1. The largest absolute Gasteiger partial charge is 0.368 e. The number of nitrogens with zero attached hydrogens (tertiary/aromatic N) is 5. The molecule has 0 radical (unpaired) electrons. The van der Waals surface area contributed by atoms with E-state index in [9.17, 15) is 0 Å². The third-order valence-electron chi connectivity index (χ3n) is 4.97. The lowest BCUT2D eigenvalue weighted by molar-refractivity contribution is 0.635. The minimum absolute atomic E-state index is 0.680. The fourth-order valence-electron chi connectivity index (χ4n) is 3.43. The predicted octanol–water partition coefficient (Wildman–Crippen LogP) is 3.56. The van der Waals surface area contributed by atoms with Crippen molar-refractivity contribution in [3.05, 3.63) is 65.9 Å². The van der Waals surface area contributed by atoms with E-state index >= 15 is 0 Å².